The Morgan fingerprint density at radius 1 is 1.15 bits per heavy atom. The molecule has 40 heavy (non-hydrogen) atoms. The lowest BCUT2D eigenvalue weighted by molar-refractivity contribution is -0.196. The zero-order valence-electron chi connectivity index (χ0n) is 23.1. The van der Waals surface area contributed by atoms with Crippen LogP contribution < -0.4 is 0 Å². The molecule has 10 heteroatoms. The second-order valence-electron chi connectivity index (χ2n) is 11.9. The van der Waals surface area contributed by atoms with Gasteiger partial charge >= 0.3 is 0 Å². The zero-order chi connectivity index (χ0) is 28.9. The number of ketones is 3. The first-order valence-electron chi connectivity index (χ1n) is 14.2. The molecular weight excluding hydrogens is 518 g/mol. The van der Waals surface area contributed by atoms with E-state index in [1.165, 1.54) is 7.11 Å². The molecule has 0 aromatic carbocycles. The summed E-state index contributed by atoms with van der Waals surface area (Å²) in [6.07, 6.45) is 6.57. The lowest BCUT2D eigenvalue weighted by Gasteiger charge is -2.56. The zero-order valence-corrected chi connectivity index (χ0v) is 23.1. The molecular formula is C30H39NO9. The number of hydrogen-bond donors (Lipinski definition) is 4. The van der Waals surface area contributed by atoms with E-state index in [2.05, 4.69) is 11.2 Å². The highest BCUT2D eigenvalue weighted by Crippen LogP contribution is 2.57. The van der Waals surface area contributed by atoms with Crippen LogP contribution in [-0.4, -0.2) is 82.1 Å². The molecule has 10 nitrogen and oxygen atoms in total. The van der Waals surface area contributed by atoms with Gasteiger partial charge in [-0.05, 0) is 54.9 Å². The minimum Gasteiger partial charge on any atom is -0.508 e. The monoisotopic (exact) mass is 557 g/mol. The number of oxime groups is 1. The van der Waals surface area contributed by atoms with E-state index in [1.54, 1.807) is 26.3 Å². The number of fused-ring (bicyclic) bond motifs is 3. The summed E-state index contributed by atoms with van der Waals surface area (Å²) in [6.45, 7) is 1.54. The Morgan fingerprint density at radius 3 is 2.58 bits per heavy atom. The quantitative estimate of drug-likeness (QED) is 0.165. The van der Waals surface area contributed by atoms with Crippen LogP contribution in [0.5, 0.6) is 0 Å². The summed E-state index contributed by atoms with van der Waals surface area (Å²) in [5.74, 6) is -5.57. The molecule has 5 rings (SSSR count). The molecule has 0 heterocycles. The Balaban J connectivity index is 1.48. The molecule has 0 radical (unpaired) electrons. The van der Waals surface area contributed by atoms with Crippen molar-refractivity contribution >= 4 is 23.6 Å². The van der Waals surface area contributed by atoms with Crippen molar-refractivity contribution in [2.75, 3.05) is 14.2 Å². The van der Waals surface area contributed by atoms with Crippen LogP contribution in [0.1, 0.15) is 45.4 Å². The number of aliphatic hydroxyl groups excluding tert-OH is 3. The second kappa shape index (κ2) is 11.0. The first kappa shape index (κ1) is 28.9. The fourth-order valence-electron chi connectivity index (χ4n) is 8.25. The van der Waals surface area contributed by atoms with Gasteiger partial charge < -0.3 is 30.0 Å². The third-order valence-corrected chi connectivity index (χ3v) is 10.1. The summed E-state index contributed by atoms with van der Waals surface area (Å²) in [6, 6.07) is 0. The molecule has 2 saturated carbocycles. The Labute approximate surface area is 233 Å². The average molecular weight is 558 g/mol. The summed E-state index contributed by atoms with van der Waals surface area (Å²) in [7, 11) is 3.11. The standard InChI is InChI=1S/C30H39NO9/c1-4-20(32)26-22(34)12-17-10-15-11-19-18(14-5-8-23(39-2)16(9-14)13-31-40-3)6-7-21(33)25(19)27(35)24(15)28(36)30(17,38)29(26)37/h6-7,9,13-15,17-19,21,23-25,28,33,36-38H,4-5,8,10-12H2,1-3H3/b31-13+/t14?,15-,17+,18?,19?,21?,23?,24?,25?,28?,30+/m1/s1. The molecule has 2 fully saturated rings. The topological polar surface area (TPSA) is 163 Å². The smallest absolute Gasteiger partial charge is 0.170 e. The summed E-state index contributed by atoms with van der Waals surface area (Å²) in [5, 5.41) is 49.0. The van der Waals surface area contributed by atoms with E-state index < -0.39 is 58.5 Å². The van der Waals surface area contributed by atoms with E-state index in [9.17, 15) is 34.8 Å². The molecule has 5 aliphatic rings. The molecule has 0 aromatic rings. The highest BCUT2D eigenvalue weighted by molar-refractivity contribution is 6.21. The van der Waals surface area contributed by atoms with Gasteiger partial charge in [0, 0.05) is 25.9 Å². The van der Waals surface area contributed by atoms with Gasteiger partial charge in [0.15, 0.2) is 17.2 Å². The van der Waals surface area contributed by atoms with Crippen LogP contribution in [0, 0.1) is 41.4 Å². The van der Waals surface area contributed by atoms with Crippen molar-refractivity contribution in [1.29, 1.82) is 0 Å². The molecule has 0 amide bonds. The van der Waals surface area contributed by atoms with Gasteiger partial charge in [0.1, 0.15) is 30.3 Å². The average Bonchev–Trinajstić information content (AvgIpc) is 2.93. The molecule has 0 saturated heterocycles. The van der Waals surface area contributed by atoms with Crippen molar-refractivity contribution in [3.05, 3.63) is 35.1 Å². The number of aliphatic hydroxyl groups is 4. The lowest BCUT2D eigenvalue weighted by Crippen LogP contribution is -2.66. The number of rotatable bonds is 6. The Kier molecular flexibility index (Phi) is 7.91. The molecule has 0 bridgehead atoms. The fraction of sp³-hybridized carbons (Fsp3) is 0.667. The van der Waals surface area contributed by atoms with Crippen molar-refractivity contribution in [3.8, 4) is 0 Å². The predicted molar refractivity (Wildman–Crippen MR) is 143 cm³/mol. The number of ether oxygens (including phenoxy) is 1. The molecule has 4 N–H and O–H groups in total. The number of carbonyl (C=O) groups excluding carboxylic acids is 3. The Bertz CT molecular complexity index is 1190. The third kappa shape index (κ3) is 4.40. The number of allylic oxidation sites excluding steroid dienone is 3. The van der Waals surface area contributed by atoms with Crippen LogP contribution in [-0.2, 0) is 24.0 Å². The van der Waals surface area contributed by atoms with Crippen LogP contribution in [0.25, 0.3) is 0 Å². The minimum atomic E-state index is -2.27. The normalized spacial score (nSPS) is 43.2. The predicted octanol–water partition coefficient (Wildman–Crippen LogP) is 1.83. The van der Waals surface area contributed by atoms with E-state index in [1.807, 2.05) is 6.08 Å². The maximum Gasteiger partial charge on any atom is 0.170 e. The summed E-state index contributed by atoms with van der Waals surface area (Å²) in [4.78, 5) is 44.2. The van der Waals surface area contributed by atoms with Crippen LogP contribution >= 0.6 is 0 Å². The van der Waals surface area contributed by atoms with Crippen molar-refractivity contribution in [2.24, 2.45) is 46.6 Å². The minimum absolute atomic E-state index is 0.0452. The Hall–Kier alpha value is -2.66. The summed E-state index contributed by atoms with van der Waals surface area (Å²) < 4.78 is 5.61. The van der Waals surface area contributed by atoms with E-state index in [4.69, 9.17) is 9.57 Å². The SMILES string of the molecule is CCC(=O)C1=C(O)[C@@]2(O)C(O)C3C(=O)C4C(O)C=CC(C5C=C(/C=N/OC)C(OC)CC5)C4C[C@H]3C[C@H]2CC1=O. The van der Waals surface area contributed by atoms with Crippen molar-refractivity contribution in [2.45, 2.75) is 69.4 Å². The van der Waals surface area contributed by atoms with Gasteiger partial charge in [-0.25, -0.2) is 0 Å². The largest absolute Gasteiger partial charge is 0.508 e. The molecule has 0 aliphatic heterocycles. The van der Waals surface area contributed by atoms with Crippen LogP contribution in [0.3, 0.4) is 0 Å². The fourth-order valence-corrected chi connectivity index (χ4v) is 8.25. The molecule has 8 unspecified atom stereocenters. The van der Waals surface area contributed by atoms with Gasteiger partial charge in [0.2, 0.25) is 0 Å². The number of hydrogen-bond acceptors (Lipinski definition) is 10. The van der Waals surface area contributed by atoms with Gasteiger partial charge in [0.05, 0.1) is 30.3 Å². The maximum absolute atomic E-state index is 14.0. The second-order valence-corrected chi connectivity index (χ2v) is 11.9. The maximum atomic E-state index is 14.0. The van der Waals surface area contributed by atoms with Gasteiger partial charge in [-0.15, -0.1) is 0 Å². The third-order valence-electron chi connectivity index (χ3n) is 10.1. The first-order chi connectivity index (χ1) is 19.1. The molecule has 0 aromatic heterocycles. The van der Waals surface area contributed by atoms with E-state index >= 15 is 0 Å². The first-order valence-corrected chi connectivity index (χ1v) is 14.2. The van der Waals surface area contributed by atoms with E-state index in [0.717, 1.165) is 18.4 Å². The number of nitrogens with zero attached hydrogens (tertiary/aromatic N) is 1. The number of carbonyl (C=O) groups is 3. The van der Waals surface area contributed by atoms with Gasteiger partial charge in [-0.2, -0.15) is 0 Å². The lowest BCUT2D eigenvalue weighted by atomic mass is 9.49. The molecule has 11 atom stereocenters. The van der Waals surface area contributed by atoms with Crippen molar-refractivity contribution in [1.82, 2.24) is 0 Å². The molecule has 0 spiro atoms. The van der Waals surface area contributed by atoms with E-state index in [0.29, 0.717) is 6.42 Å². The molecule has 218 valence electrons. The van der Waals surface area contributed by atoms with Crippen molar-refractivity contribution < 1.29 is 44.4 Å². The highest BCUT2D eigenvalue weighted by Gasteiger charge is 2.64. The highest BCUT2D eigenvalue weighted by atomic mass is 16.6. The Morgan fingerprint density at radius 2 is 1.90 bits per heavy atom. The number of Topliss-reactive ketones (excluding diaryl/α,β-unsaturated/α-hetero) is 3. The van der Waals surface area contributed by atoms with Crippen LogP contribution in [0.4, 0.5) is 0 Å². The van der Waals surface area contributed by atoms with Crippen molar-refractivity contribution in [3.63, 3.8) is 0 Å². The van der Waals surface area contributed by atoms with Gasteiger partial charge in [-0.3, -0.25) is 14.4 Å². The van der Waals surface area contributed by atoms with Crippen LogP contribution in [0.2, 0.25) is 0 Å². The number of methoxy groups -OCH3 is 1. The van der Waals surface area contributed by atoms with Crippen LogP contribution in [0.15, 0.2) is 40.3 Å². The van der Waals surface area contributed by atoms with Gasteiger partial charge in [-0.1, -0.05) is 30.3 Å². The summed E-state index contributed by atoms with van der Waals surface area (Å²) in [5.41, 5.74) is -1.87. The molecule has 5 aliphatic carbocycles. The van der Waals surface area contributed by atoms with Gasteiger partial charge in [0.25, 0.3) is 0 Å². The summed E-state index contributed by atoms with van der Waals surface area (Å²) >= 11 is 0. The van der Waals surface area contributed by atoms with E-state index in [-0.39, 0.29) is 54.8 Å².